The van der Waals surface area contributed by atoms with E-state index in [1.807, 2.05) is 0 Å². The average Bonchev–Trinajstić information content (AvgIpc) is 2.30. The van der Waals surface area contributed by atoms with E-state index < -0.39 is 27.9 Å². The molecule has 0 saturated carbocycles. The van der Waals surface area contributed by atoms with Crippen molar-refractivity contribution in [1.29, 1.82) is 0 Å². The van der Waals surface area contributed by atoms with Crippen LogP contribution in [0.5, 0.6) is 5.75 Å². The van der Waals surface area contributed by atoms with E-state index in [4.69, 9.17) is 10.2 Å². The fraction of sp³-hybridized carbons (Fsp3) is 0.167. The van der Waals surface area contributed by atoms with Gasteiger partial charge in [-0.25, -0.2) is 13.6 Å². The Hall–Kier alpha value is -1.17. The van der Waals surface area contributed by atoms with Crippen LogP contribution in [0.1, 0.15) is 21.0 Å². The molecule has 2 N–H and O–H groups in total. The summed E-state index contributed by atoms with van der Waals surface area (Å²) < 4.78 is 23.9. The maximum Gasteiger partial charge on any atom is 0.349 e. The topological polar surface area (TPSA) is 57.5 Å². The lowest BCUT2D eigenvalue weighted by atomic mass is 10.4. The molecule has 0 aliphatic heterocycles. The van der Waals surface area contributed by atoms with Gasteiger partial charge in [-0.1, -0.05) is 0 Å². The summed E-state index contributed by atoms with van der Waals surface area (Å²) in [5.41, 5.74) is 0. The number of hydrogen-bond donors (Lipinski definition) is 2. The summed E-state index contributed by atoms with van der Waals surface area (Å²) in [6, 6.07) is 0.763. The Labute approximate surface area is 69.9 Å². The van der Waals surface area contributed by atoms with Crippen molar-refractivity contribution in [3.8, 4) is 5.75 Å². The molecular weight excluding hydrogens is 190 g/mol. The minimum atomic E-state index is -2.74. The Morgan fingerprint density at radius 1 is 1.58 bits per heavy atom. The first kappa shape index (κ1) is 8.92. The third-order valence-corrected chi connectivity index (χ3v) is 2.26. The van der Waals surface area contributed by atoms with Gasteiger partial charge in [0.1, 0.15) is 5.75 Å². The molecule has 0 fully saturated rings. The molecule has 0 bridgehead atoms. The van der Waals surface area contributed by atoms with E-state index in [2.05, 4.69) is 0 Å². The number of carbonyl (C=O) groups is 1. The van der Waals surface area contributed by atoms with E-state index in [0.29, 0.717) is 11.3 Å². The zero-order chi connectivity index (χ0) is 9.30. The highest BCUT2D eigenvalue weighted by Gasteiger charge is 2.19. The molecular formula is C6H4F2O3S. The van der Waals surface area contributed by atoms with Crippen LogP contribution in [0.3, 0.4) is 0 Å². The van der Waals surface area contributed by atoms with Crippen LogP contribution in [0.15, 0.2) is 6.07 Å². The van der Waals surface area contributed by atoms with Gasteiger partial charge in [-0.15, -0.1) is 11.3 Å². The van der Waals surface area contributed by atoms with E-state index in [1.165, 1.54) is 0 Å². The number of halogens is 2. The first-order valence-electron chi connectivity index (χ1n) is 2.86. The number of thiophene rings is 1. The van der Waals surface area contributed by atoms with E-state index in [0.717, 1.165) is 6.07 Å². The van der Waals surface area contributed by atoms with Crippen molar-refractivity contribution < 1.29 is 23.8 Å². The van der Waals surface area contributed by atoms with Gasteiger partial charge in [-0.05, 0) is 0 Å². The number of alkyl halides is 2. The van der Waals surface area contributed by atoms with Gasteiger partial charge in [0.15, 0.2) is 4.88 Å². The number of carboxylic acids is 1. The lowest BCUT2D eigenvalue weighted by Crippen LogP contribution is -1.90. The van der Waals surface area contributed by atoms with E-state index in [-0.39, 0.29) is 0 Å². The van der Waals surface area contributed by atoms with Crippen LogP contribution in [-0.4, -0.2) is 16.2 Å². The van der Waals surface area contributed by atoms with Gasteiger partial charge in [0.25, 0.3) is 6.43 Å². The predicted octanol–water partition coefficient (Wildman–Crippen LogP) is 2.09. The molecule has 0 amide bonds. The smallest absolute Gasteiger partial charge is 0.349 e. The van der Waals surface area contributed by atoms with Crippen LogP contribution in [-0.2, 0) is 0 Å². The van der Waals surface area contributed by atoms with Crippen molar-refractivity contribution in [2.24, 2.45) is 0 Å². The van der Waals surface area contributed by atoms with Crippen molar-refractivity contribution in [3.05, 3.63) is 15.8 Å². The first-order chi connectivity index (χ1) is 5.52. The van der Waals surface area contributed by atoms with E-state index in [9.17, 15) is 13.6 Å². The van der Waals surface area contributed by atoms with Gasteiger partial charge in [0.2, 0.25) is 0 Å². The van der Waals surface area contributed by atoms with Gasteiger partial charge < -0.3 is 10.2 Å². The summed E-state index contributed by atoms with van der Waals surface area (Å²) >= 11 is 0.376. The SMILES string of the molecule is O=C(O)c1sc(C(F)F)cc1O. The minimum absolute atomic E-state index is 0.376. The molecule has 0 aromatic carbocycles. The molecule has 3 nitrogen and oxygen atoms in total. The molecule has 0 atom stereocenters. The summed E-state index contributed by atoms with van der Waals surface area (Å²) in [5.74, 6) is -2.01. The summed E-state index contributed by atoms with van der Waals surface area (Å²) in [5, 5.41) is 17.2. The van der Waals surface area contributed by atoms with Gasteiger partial charge in [0.05, 0.1) is 4.88 Å². The maximum atomic E-state index is 11.9. The minimum Gasteiger partial charge on any atom is -0.506 e. The molecule has 1 rings (SSSR count). The Morgan fingerprint density at radius 2 is 2.17 bits per heavy atom. The second-order valence-corrected chi connectivity index (χ2v) is 3.05. The van der Waals surface area contributed by atoms with Gasteiger partial charge in [-0.2, -0.15) is 0 Å². The highest BCUT2D eigenvalue weighted by Crippen LogP contribution is 2.34. The Bertz CT molecular complexity index is 308. The van der Waals surface area contributed by atoms with Crippen LogP contribution >= 0.6 is 11.3 Å². The molecule has 0 saturated heterocycles. The standard InChI is InChI=1S/C6H4F2O3S/c7-5(8)3-1-2(9)4(12-3)6(10)11/h1,5,9H,(H,10,11). The van der Waals surface area contributed by atoms with Crippen molar-refractivity contribution in [1.82, 2.24) is 0 Å². The van der Waals surface area contributed by atoms with Crippen molar-refractivity contribution in [2.45, 2.75) is 6.43 Å². The van der Waals surface area contributed by atoms with Gasteiger partial charge in [-0.3, -0.25) is 0 Å². The largest absolute Gasteiger partial charge is 0.506 e. The van der Waals surface area contributed by atoms with Gasteiger partial charge in [0, 0.05) is 6.07 Å². The lowest BCUT2D eigenvalue weighted by molar-refractivity contribution is 0.0699. The van der Waals surface area contributed by atoms with Crippen LogP contribution in [0, 0.1) is 0 Å². The summed E-state index contributed by atoms with van der Waals surface area (Å²) in [6.45, 7) is 0. The molecule has 0 aliphatic carbocycles. The number of hydrogen-bond acceptors (Lipinski definition) is 3. The summed E-state index contributed by atoms with van der Waals surface area (Å²) in [4.78, 5) is 9.37. The quantitative estimate of drug-likeness (QED) is 0.757. The highest BCUT2D eigenvalue weighted by atomic mass is 32.1. The van der Waals surface area contributed by atoms with Crippen molar-refractivity contribution in [3.63, 3.8) is 0 Å². The normalized spacial score (nSPS) is 10.6. The van der Waals surface area contributed by atoms with E-state index >= 15 is 0 Å². The Balaban J connectivity index is 3.09. The second kappa shape index (κ2) is 3.06. The van der Waals surface area contributed by atoms with Gasteiger partial charge >= 0.3 is 5.97 Å². The second-order valence-electron chi connectivity index (χ2n) is 1.97. The van der Waals surface area contributed by atoms with Crippen molar-refractivity contribution in [2.75, 3.05) is 0 Å². The third-order valence-electron chi connectivity index (χ3n) is 1.14. The number of aromatic hydroxyl groups is 1. The fourth-order valence-corrected chi connectivity index (χ4v) is 1.41. The third kappa shape index (κ3) is 1.53. The van der Waals surface area contributed by atoms with E-state index in [1.54, 1.807) is 0 Å². The molecule has 6 heteroatoms. The average molecular weight is 194 g/mol. The summed E-state index contributed by atoms with van der Waals surface area (Å²) in [6.07, 6.45) is -2.74. The molecule has 66 valence electrons. The van der Waals surface area contributed by atoms with Crippen LogP contribution in [0.4, 0.5) is 8.78 Å². The number of aromatic carboxylic acids is 1. The first-order valence-corrected chi connectivity index (χ1v) is 3.68. The zero-order valence-corrected chi connectivity index (χ0v) is 6.44. The molecule has 0 spiro atoms. The van der Waals surface area contributed by atoms with Crippen LogP contribution in [0.25, 0.3) is 0 Å². The number of rotatable bonds is 2. The number of carboxylic acid groups (broad SMARTS) is 1. The molecule has 1 aromatic rings. The lowest BCUT2D eigenvalue weighted by Gasteiger charge is -1.88. The fourth-order valence-electron chi connectivity index (χ4n) is 0.661. The zero-order valence-electron chi connectivity index (χ0n) is 5.62. The molecule has 1 heterocycles. The van der Waals surface area contributed by atoms with Crippen molar-refractivity contribution >= 4 is 17.3 Å². The van der Waals surface area contributed by atoms with Crippen LogP contribution < -0.4 is 0 Å². The monoisotopic (exact) mass is 194 g/mol. The Kier molecular flexibility index (Phi) is 2.27. The molecule has 1 aromatic heterocycles. The molecule has 0 aliphatic rings. The molecule has 12 heavy (non-hydrogen) atoms. The maximum absolute atomic E-state index is 11.9. The predicted molar refractivity (Wildman–Crippen MR) is 37.9 cm³/mol. The highest BCUT2D eigenvalue weighted by molar-refractivity contribution is 7.14. The van der Waals surface area contributed by atoms with Crippen LogP contribution in [0.2, 0.25) is 0 Å². The molecule has 0 radical (unpaired) electrons. The summed E-state index contributed by atoms with van der Waals surface area (Å²) in [7, 11) is 0. The Morgan fingerprint density at radius 3 is 2.42 bits per heavy atom. The molecule has 0 unspecified atom stereocenters.